The van der Waals surface area contributed by atoms with Crippen LogP contribution >= 0.6 is 0 Å². The van der Waals surface area contributed by atoms with E-state index in [1.807, 2.05) is 0 Å². The number of anilines is 1. The van der Waals surface area contributed by atoms with Gasteiger partial charge in [0.05, 0.1) is 11.9 Å². The van der Waals surface area contributed by atoms with Crippen LogP contribution in [-0.2, 0) is 14.8 Å². The Bertz CT molecular complexity index is 678. The highest BCUT2D eigenvalue weighted by Crippen LogP contribution is 2.18. The number of amides is 1. The summed E-state index contributed by atoms with van der Waals surface area (Å²) in [6.07, 6.45) is 5.98. The fourth-order valence-electron chi connectivity index (χ4n) is 2.39. The van der Waals surface area contributed by atoms with Gasteiger partial charge in [-0.1, -0.05) is 6.42 Å². The van der Waals surface area contributed by atoms with Crippen LogP contribution in [0.3, 0.4) is 0 Å². The van der Waals surface area contributed by atoms with E-state index in [0.717, 1.165) is 54.1 Å². The van der Waals surface area contributed by atoms with Crippen molar-refractivity contribution in [3.8, 4) is 0 Å². The van der Waals surface area contributed by atoms with Crippen molar-refractivity contribution in [2.45, 2.75) is 32.1 Å². The number of halogens is 1. The van der Waals surface area contributed by atoms with Crippen molar-refractivity contribution in [3.63, 3.8) is 0 Å². The molecule has 6 nitrogen and oxygen atoms in total. The lowest BCUT2D eigenvalue weighted by atomic mass is 9.99. The summed E-state index contributed by atoms with van der Waals surface area (Å²) in [5.74, 6) is -1.01. The lowest BCUT2D eigenvalue weighted by Gasteiger charge is -2.21. The molecule has 0 heterocycles. The van der Waals surface area contributed by atoms with Gasteiger partial charge in [0.2, 0.25) is 10.0 Å². The number of benzene rings is 1. The number of nitrogens with one attached hydrogen (secondary N) is 1. The fraction of sp³-hybridized carbons (Fsp3) is 0.467. The predicted molar refractivity (Wildman–Crippen MR) is 87.3 cm³/mol. The van der Waals surface area contributed by atoms with Gasteiger partial charge in [-0.3, -0.25) is 9.10 Å². The second kappa shape index (κ2) is 7.54. The summed E-state index contributed by atoms with van der Waals surface area (Å²) in [7, 11) is -3.67. The molecule has 1 N–H and O–H groups in total. The van der Waals surface area contributed by atoms with E-state index in [4.69, 9.17) is 0 Å². The first kappa shape index (κ1) is 17.4. The number of nitrogens with zero attached hydrogens (tertiary/aromatic N) is 2. The van der Waals surface area contributed by atoms with E-state index in [1.54, 1.807) is 0 Å². The summed E-state index contributed by atoms with van der Waals surface area (Å²) in [6.45, 7) is -0.402. The van der Waals surface area contributed by atoms with Crippen LogP contribution in [0.2, 0.25) is 0 Å². The van der Waals surface area contributed by atoms with Crippen molar-refractivity contribution in [3.05, 3.63) is 30.1 Å². The Balaban J connectivity index is 2.06. The molecule has 0 bridgehead atoms. The Morgan fingerprint density at radius 2 is 1.83 bits per heavy atom. The number of hydrogen-bond acceptors (Lipinski definition) is 4. The maximum Gasteiger partial charge on any atom is 0.260 e. The summed E-state index contributed by atoms with van der Waals surface area (Å²) in [5, 5.41) is 4.06. The minimum Gasteiger partial charge on any atom is -0.271 e. The molecule has 0 radical (unpaired) electrons. The van der Waals surface area contributed by atoms with Crippen LogP contribution in [0.4, 0.5) is 10.1 Å². The van der Waals surface area contributed by atoms with Crippen LogP contribution < -0.4 is 9.73 Å². The van der Waals surface area contributed by atoms with E-state index in [-0.39, 0.29) is 5.69 Å². The zero-order chi connectivity index (χ0) is 16.9. The Kier molecular flexibility index (Phi) is 5.70. The smallest absolute Gasteiger partial charge is 0.260 e. The molecule has 1 aliphatic rings. The van der Waals surface area contributed by atoms with E-state index in [2.05, 4.69) is 10.5 Å². The van der Waals surface area contributed by atoms with Crippen LogP contribution in [0.25, 0.3) is 0 Å². The van der Waals surface area contributed by atoms with Crippen molar-refractivity contribution >= 4 is 27.3 Å². The molecular formula is C15H20FN3O3S. The second-order valence-electron chi connectivity index (χ2n) is 5.52. The molecule has 1 fully saturated rings. The van der Waals surface area contributed by atoms with Gasteiger partial charge in [0.1, 0.15) is 12.4 Å². The minimum atomic E-state index is -3.67. The van der Waals surface area contributed by atoms with Gasteiger partial charge >= 0.3 is 0 Å². The third-order valence-corrected chi connectivity index (χ3v) is 4.71. The molecule has 0 spiro atoms. The fourth-order valence-corrected chi connectivity index (χ4v) is 3.24. The molecule has 23 heavy (non-hydrogen) atoms. The zero-order valence-corrected chi connectivity index (χ0v) is 13.8. The average molecular weight is 341 g/mol. The van der Waals surface area contributed by atoms with Gasteiger partial charge in [0, 0.05) is 5.71 Å². The maximum absolute atomic E-state index is 13.0. The van der Waals surface area contributed by atoms with E-state index in [9.17, 15) is 17.6 Å². The monoisotopic (exact) mass is 341 g/mol. The molecule has 8 heteroatoms. The lowest BCUT2D eigenvalue weighted by molar-refractivity contribution is -0.119. The third-order valence-electron chi connectivity index (χ3n) is 3.57. The number of carbonyl (C=O) groups is 1. The molecule has 1 amide bonds. The third kappa shape index (κ3) is 5.31. The first-order valence-corrected chi connectivity index (χ1v) is 9.28. The molecule has 0 atom stereocenters. The van der Waals surface area contributed by atoms with E-state index in [0.29, 0.717) is 0 Å². The number of hydrogen-bond donors (Lipinski definition) is 1. The first-order chi connectivity index (χ1) is 10.9. The van der Waals surface area contributed by atoms with Gasteiger partial charge in [-0.15, -0.1) is 0 Å². The molecule has 2 rings (SSSR count). The van der Waals surface area contributed by atoms with Crippen molar-refractivity contribution in [2.75, 3.05) is 17.1 Å². The summed E-state index contributed by atoms with van der Waals surface area (Å²) in [5.41, 5.74) is 3.56. The highest BCUT2D eigenvalue weighted by Gasteiger charge is 2.21. The number of hydrazone groups is 1. The molecule has 0 unspecified atom stereocenters. The van der Waals surface area contributed by atoms with Gasteiger partial charge in [-0.25, -0.2) is 18.2 Å². The topological polar surface area (TPSA) is 78.8 Å². The molecule has 126 valence electrons. The molecule has 1 saturated carbocycles. The predicted octanol–water partition coefficient (Wildman–Crippen LogP) is 2.03. The zero-order valence-electron chi connectivity index (χ0n) is 13.0. The second-order valence-corrected chi connectivity index (χ2v) is 7.43. The van der Waals surface area contributed by atoms with Gasteiger partial charge in [0.25, 0.3) is 5.91 Å². The summed E-state index contributed by atoms with van der Waals surface area (Å²) >= 11 is 0. The Morgan fingerprint density at radius 3 is 2.39 bits per heavy atom. The van der Waals surface area contributed by atoms with Gasteiger partial charge in [-0.2, -0.15) is 5.10 Å². The van der Waals surface area contributed by atoms with Crippen LogP contribution in [0.15, 0.2) is 29.4 Å². The summed E-state index contributed by atoms with van der Waals surface area (Å²) in [6, 6.07) is 4.93. The molecular weight excluding hydrogens is 321 g/mol. The molecule has 0 saturated heterocycles. The normalized spacial score (nSPS) is 15.1. The Hall–Kier alpha value is -1.96. The number of sulfonamides is 1. The highest BCUT2D eigenvalue weighted by atomic mass is 32.2. The molecule has 0 aromatic heterocycles. The van der Waals surface area contributed by atoms with Crippen molar-refractivity contribution in [1.29, 1.82) is 0 Å². The Morgan fingerprint density at radius 1 is 1.22 bits per heavy atom. The van der Waals surface area contributed by atoms with Gasteiger partial charge in [0.15, 0.2) is 0 Å². The molecule has 1 aromatic rings. The van der Waals surface area contributed by atoms with Crippen LogP contribution in [-0.4, -0.2) is 32.8 Å². The highest BCUT2D eigenvalue weighted by molar-refractivity contribution is 7.92. The van der Waals surface area contributed by atoms with E-state index < -0.39 is 28.3 Å². The van der Waals surface area contributed by atoms with Crippen LogP contribution in [0, 0.1) is 5.82 Å². The summed E-state index contributed by atoms with van der Waals surface area (Å²) < 4.78 is 37.6. The van der Waals surface area contributed by atoms with E-state index >= 15 is 0 Å². The maximum atomic E-state index is 13.0. The van der Waals surface area contributed by atoms with Crippen molar-refractivity contribution in [2.24, 2.45) is 5.10 Å². The number of carbonyl (C=O) groups excluding carboxylic acids is 1. The standard InChI is InChI=1S/C15H20FN3O3S/c1-23(21,22)19(14-9-7-12(16)8-10-14)11-15(20)18-17-13-5-3-2-4-6-13/h7-10H,2-6,11H2,1H3,(H,18,20). The largest absolute Gasteiger partial charge is 0.271 e. The quantitative estimate of drug-likeness (QED) is 0.832. The van der Waals surface area contributed by atoms with Gasteiger partial charge < -0.3 is 0 Å². The first-order valence-electron chi connectivity index (χ1n) is 7.44. The van der Waals surface area contributed by atoms with Gasteiger partial charge in [-0.05, 0) is 49.9 Å². The molecule has 0 aliphatic heterocycles. The molecule has 1 aromatic carbocycles. The minimum absolute atomic E-state index is 0.231. The van der Waals surface area contributed by atoms with Crippen molar-refractivity contribution in [1.82, 2.24) is 5.43 Å². The average Bonchev–Trinajstić information content (AvgIpc) is 2.52. The Labute approximate surface area is 135 Å². The molecule has 1 aliphatic carbocycles. The van der Waals surface area contributed by atoms with E-state index in [1.165, 1.54) is 18.6 Å². The van der Waals surface area contributed by atoms with Crippen LogP contribution in [0.1, 0.15) is 32.1 Å². The lowest BCUT2D eigenvalue weighted by Crippen LogP contribution is -2.39. The van der Waals surface area contributed by atoms with Crippen molar-refractivity contribution < 1.29 is 17.6 Å². The number of rotatable bonds is 5. The van der Waals surface area contributed by atoms with Crippen LogP contribution in [0.5, 0.6) is 0 Å². The summed E-state index contributed by atoms with van der Waals surface area (Å²) in [4.78, 5) is 12.0. The SMILES string of the molecule is CS(=O)(=O)N(CC(=O)NN=C1CCCCC1)c1ccc(F)cc1.